The molecule has 0 saturated heterocycles. The summed E-state index contributed by atoms with van der Waals surface area (Å²) in [7, 11) is 0. The highest BCUT2D eigenvalue weighted by atomic mass is 127. The highest BCUT2D eigenvalue weighted by Gasteiger charge is 1.96. The van der Waals surface area contributed by atoms with Crippen LogP contribution in [0.2, 0.25) is 0 Å². The lowest BCUT2D eigenvalue weighted by molar-refractivity contribution is 1.58. The van der Waals surface area contributed by atoms with Crippen molar-refractivity contribution in [3.05, 3.63) is 26.2 Å². The second-order valence-electron chi connectivity index (χ2n) is 1.72. The molecule has 0 aromatic heterocycles. The quantitative estimate of drug-likeness (QED) is 0.612. The summed E-state index contributed by atoms with van der Waals surface area (Å²) in [6.07, 6.45) is 0. The molecule has 1 aromatic rings. The third-order valence-electron chi connectivity index (χ3n) is 1.03. The van der Waals surface area contributed by atoms with Crippen LogP contribution in [-0.4, -0.2) is 0 Å². The topological polar surface area (TPSA) is 12.0 Å². The van der Waals surface area contributed by atoms with Crippen LogP contribution in [0.4, 0.5) is 5.69 Å². The molecular formula is C6H4BrClIN. The zero-order valence-corrected chi connectivity index (χ0v) is 9.37. The summed E-state index contributed by atoms with van der Waals surface area (Å²) in [6, 6.07) is 5.84. The number of benzene rings is 1. The number of nitrogens with one attached hydrogen (secondary N) is 1. The van der Waals surface area contributed by atoms with Gasteiger partial charge in [-0.2, -0.15) is 0 Å². The molecule has 0 atom stereocenters. The normalized spacial score (nSPS) is 9.50. The Kier molecular flexibility index (Phi) is 3.26. The smallest absolute Gasteiger partial charge is 0.0625 e. The van der Waals surface area contributed by atoms with Crippen LogP contribution in [0.5, 0.6) is 0 Å². The Labute approximate surface area is 86.5 Å². The van der Waals surface area contributed by atoms with Gasteiger partial charge in [-0.3, -0.25) is 4.84 Å². The lowest BCUT2D eigenvalue weighted by atomic mass is 10.3. The SMILES string of the molecule is ClNc1ccc(Br)cc1I. The molecule has 1 aromatic carbocycles. The lowest BCUT2D eigenvalue weighted by Crippen LogP contribution is -1.83. The molecule has 0 radical (unpaired) electrons. The Balaban J connectivity index is 3.07. The maximum atomic E-state index is 5.41. The van der Waals surface area contributed by atoms with Crippen molar-refractivity contribution in [2.75, 3.05) is 4.84 Å². The van der Waals surface area contributed by atoms with E-state index in [0.717, 1.165) is 13.7 Å². The zero-order valence-electron chi connectivity index (χ0n) is 4.87. The molecule has 4 heteroatoms. The minimum absolute atomic E-state index is 0.936. The first-order valence-electron chi connectivity index (χ1n) is 2.55. The Morgan fingerprint density at radius 2 is 2.20 bits per heavy atom. The summed E-state index contributed by atoms with van der Waals surface area (Å²) in [5.41, 5.74) is 0.936. The van der Waals surface area contributed by atoms with E-state index in [4.69, 9.17) is 11.8 Å². The fourth-order valence-corrected chi connectivity index (χ4v) is 2.33. The van der Waals surface area contributed by atoms with Crippen LogP contribution in [0.3, 0.4) is 0 Å². The Morgan fingerprint density at radius 3 is 2.70 bits per heavy atom. The first kappa shape index (κ1) is 8.62. The van der Waals surface area contributed by atoms with Gasteiger partial charge in [-0.15, -0.1) is 0 Å². The average Bonchev–Trinajstić information content (AvgIpc) is 1.88. The number of hydrogen-bond acceptors (Lipinski definition) is 1. The van der Waals surface area contributed by atoms with E-state index in [1.165, 1.54) is 0 Å². The van der Waals surface area contributed by atoms with Gasteiger partial charge in [0.15, 0.2) is 0 Å². The predicted octanol–water partition coefficient (Wildman–Crippen LogP) is 3.62. The van der Waals surface area contributed by atoms with Crippen molar-refractivity contribution in [2.45, 2.75) is 0 Å². The largest absolute Gasteiger partial charge is 0.297 e. The van der Waals surface area contributed by atoms with Gasteiger partial charge in [0.2, 0.25) is 0 Å². The molecule has 0 heterocycles. The van der Waals surface area contributed by atoms with E-state index in [1.54, 1.807) is 0 Å². The molecule has 10 heavy (non-hydrogen) atoms. The molecular weight excluding hydrogens is 328 g/mol. The Bertz CT molecular complexity index is 241. The molecule has 1 nitrogen and oxygen atoms in total. The van der Waals surface area contributed by atoms with Crippen LogP contribution >= 0.6 is 50.3 Å². The van der Waals surface area contributed by atoms with Crippen molar-refractivity contribution in [3.8, 4) is 0 Å². The molecule has 0 aliphatic heterocycles. The Morgan fingerprint density at radius 1 is 1.50 bits per heavy atom. The van der Waals surface area contributed by atoms with Gasteiger partial charge in [0, 0.05) is 19.8 Å². The molecule has 0 unspecified atom stereocenters. The summed E-state index contributed by atoms with van der Waals surface area (Å²) in [5, 5.41) is 0. The highest BCUT2D eigenvalue weighted by Crippen LogP contribution is 2.22. The van der Waals surface area contributed by atoms with Gasteiger partial charge in [0.1, 0.15) is 0 Å². The first-order chi connectivity index (χ1) is 4.74. The van der Waals surface area contributed by atoms with Gasteiger partial charge in [-0.1, -0.05) is 15.9 Å². The lowest BCUT2D eigenvalue weighted by Gasteiger charge is -2.00. The second kappa shape index (κ2) is 3.78. The molecule has 0 saturated carbocycles. The summed E-state index contributed by atoms with van der Waals surface area (Å²) in [6.45, 7) is 0. The van der Waals surface area contributed by atoms with Crippen LogP contribution in [0.15, 0.2) is 22.7 Å². The zero-order chi connectivity index (χ0) is 7.56. The molecule has 0 aliphatic rings. The standard InChI is InChI=1S/C6H4BrClIN/c7-4-1-2-6(10-8)5(9)3-4/h1-3,10H. The van der Waals surface area contributed by atoms with Crippen molar-refractivity contribution in [3.63, 3.8) is 0 Å². The van der Waals surface area contributed by atoms with Gasteiger partial charge in [0.05, 0.1) is 5.69 Å². The minimum atomic E-state index is 0.936. The molecule has 0 amide bonds. The van der Waals surface area contributed by atoms with Crippen molar-refractivity contribution in [2.24, 2.45) is 0 Å². The van der Waals surface area contributed by atoms with Crippen molar-refractivity contribution in [1.29, 1.82) is 0 Å². The van der Waals surface area contributed by atoms with Crippen LogP contribution < -0.4 is 4.84 Å². The maximum absolute atomic E-state index is 5.41. The summed E-state index contributed by atoms with van der Waals surface area (Å²) in [5.74, 6) is 0. The van der Waals surface area contributed by atoms with Gasteiger partial charge in [-0.25, -0.2) is 0 Å². The number of hydrogen-bond donors (Lipinski definition) is 1. The van der Waals surface area contributed by atoms with Crippen molar-refractivity contribution < 1.29 is 0 Å². The van der Waals surface area contributed by atoms with Gasteiger partial charge >= 0.3 is 0 Å². The number of rotatable bonds is 1. The second-order valence-corrected chi connectivity index (χ2v) is 3.99. The molecule has 0 spiro atoms. The molecule has 1 rings (SSSR count). The Hall–Kier alpha value is 0.520. The summed E-state index contributed by atoms with van der Waals surface area (Å²) >= 11 is 11.0. The van der Waals surface area contributed by atoms with E-state index in [0.29, 0.717) is 0 Å². The van der Waals surface area contributed by atoms with E-state index in [9.17, 15) is 0 Å². The van der Waals surface area contributed by atoms with Crippen LogP contribution in [-0.2, 0) is 0 Å². The summed E-state index contributed by atoms with van der Waals surface area (Å²) < 4.78 is 2.16. The number of anilines is 1. The van der Waals surface area contributed by atoms with Crippen LogP contribution in [0.1, 0.15) is 0 Å². The van der Waals surface area contributed by atoms with Gasteiger partial charge in [0.25, 0.3) is 0 Å². The predicted molar refractivity (Wildman–Crippen MR) is 56.3 cm³/mol. The molecule has 0 aliphatic carbocycles. The maximum Gasteiger partial charge on any atom is 0.0625 e. The first-order valence-corrected chi connectivity index (χ1v) is 4.80. The van der Waals surface area contributed by atoms with Gasteiger partial charge in [-0.05, 0) is 40.8 Å². The van der Waals surface area contributed by atoms with E-state index in [2.05, 4.69) is 43.4 Å². The fraction of sp³-hybridized carbons (Fsp3) is 0. The van der Waals surface area contributed by atoms with Gasteiger partial charge < -0.3 is 0 Å². The monoisotopic (exact) mass is 331 g/mol. The highest BCUT2D eigenvalue weighted by molar-refractivity contribution is 14.1. The van der Waals surface area contributed by atoms with E-state index in [1.807, 2.05) is 18.2 Å². The molecule has 54 valence electrons. The molecule has 0 fully saturated rings. The third kappa shape index (κ3) is 2.00. The summed E-state index contributed by atoms with van der Waals surface area (Å²) in [4.78, 5) is 2.57. The van der Waals surface area contributed by atoms with Crippen molar-refractivity contribution in [1.82, 2.24) is 0 Å². The third-order valence-corrected chi connectivity index (χ3v) is 2.62. The molecule has 1 N–H and O–H groups in total. The van der Waals surface area contributed by atoms with Crippen LogP contribution in [0, 0.1) is 3.57 Å². The molecule has 0 bridgehead atoms. The van der Waals surface area contributed by atoms with Crippen LogP contribution in [0.25, 0.3) is 0 Å². The minimum Gasteiger partial charge on any atom is -0.297 e. The van der Waals surface area contributed by atoms with E-state index in [-0.39, 0.29) is 0 Å². The van der Waals surface area contributed by atoms with E-state index >= 15 is 0 Å². The van der Waals surface area contributed by atoms with E-state index < -0.39 is 0 Å². The number of halogens is 3. The van der Waals surface area contributed by atoms with Crippen molar-refractivity contribution >= 4 is 56.0 Å². The fourth-order valence-electron chi connectivity index (χ4n) is 0.566. The average molecular weight is 332 g/mol.